The molecule has 0 aliphatic carbocycles. The first-order valence-electron chi connectivity index (χ1n) is 11.7. The van der Waals surface area contributed by atoms with Gasteiger partial charge in [0.15, 0.2) is 0 Å². The Morgan fingerprint density at radius 1 is 0.829 bits per heavy atom. The van der Waals surface area contributed by atoms with Crippen LogP contribution in [-0.4, -0.2) is 63.5 Å². The second-order valence-electron chi connectivity index (χ2n) is 8.60. The van der Waals surface area contributed by atoms with E-state index in [1.807, 2.05) is 36.4 Å². The first-order valence-corrected chi connectivity index (χ1v) is 13.2. The van der Waals surface area contributed by atoms with E-state index in [2.05, 4.69) is 33.9 Å². The monoisotopic (exact) mass is 493 g/mol. The fourth-order valence-corrected chi connectivity index (χ4v) is 5.66. The van der Waals surface area contributed by atoms with E-state index in [9.17, 15) is 13.2 Å². The molecule has 1 aliphatic heterocycles. The molecule has 8 heteroatoms. The first kappa shape index (κ1) is 24.9. The van der Waals surface area contributed by atoms with Crippen LogP contribution in [0.4, 0.5) is 0 Å². The summed E-state index contributed by atoms with van der Waals surface area (Å²) in [6, 6.07) is 26.0. The number of nitrogens with one attached hydrogen (secondary N) is 1. The molecule has 0 bridgehead atoms. The van der Waals surface area contributed by atoms with E-state index in [-0.39, 0.29) is 16.8 Å². The van der Waals surface area contributed by atoms with E-state index in [1.165, 1.54) is 30.4 Å². The van der Waals surface area contributed by atoms with E-state index in [0.29, 0.717) is 31.9 Å². The first-order chi connectivity index (χ1) is 16.9. The quantitative estimate of drug-likeness (QED) is 0.521. The fraction of sp³-hybridized carbons (Fsp3) is 0.296. The second kappa shape index (κ2) is 11.0. The van der Waals surface area contributed by atoms with Gasteiger partial charge in [0.1, 0.15) is 5.75 Å². The Hall–Kier alpha value is -3.20. The molecule has 35 heavy (non-hydrogen) atoms. The number of piperazine rings is 1. The van der Waals surface area contributed by atoms with Crippen molar-refractivity contribution < 1.29 is 17.9 Å². The molecule has 1 aliphatic rings. The standard InChI is InChI=1S/C27H31N3O4S/c1-21(28-35(32,33)25-15-13-24(34-2)14-16-25)27(31)30-19-17-29(18-20-30)26(22-9-5-3-6-10-22)23-11-7-4-8-12-23/h3-16,21,26,28H,17-20H2,1-2H3/t21-/m0/s1. The van der Waals surface area contributed by atoms with E-state index >= 15 is 0 Å². The summed E-state index contributed by atoms with van der Waals surface area (Å²) in [6.45, 7) is 4.04. The Balaban J connectivity index is 1.41. The van der Waals surface area contributed by atoms with E-state index in [0.717, 1.165) is 0 Å². The number of amides is 1. The summed E-state index contributed by atoms with van der Waals surface area (Å²) in [4.78, 5) is 17.3. The number of nitrogens with zero attached hydrogens (tertiary/aromatic N) is 2. The van der Waals surface area contributed by atoms with Crippen LogP contribution in [-0.2, 0) is 14.8 Å². The largest absolute Gasteiger partial charge is 0.497 e. The molecule has 184 valence electrons. The van der Waals surface area contributed by atoms with Crippen LogP contribution in [0.2, 0.25) is 0 Å². The molecule has 3 aromatic rings. The van der Waals surface area contributed by atoms with Crippen molar-refractivity contribution in [2.45, 2.75) is 23.9 Å². The Bertz CT molecular complexity index is 1170. The number of sulfonamides is 1. The highest BCUT2D eigenvalue weighted by molar-refractivity contribution is 7.89. The number of methoxy groups -OCH3 is 1. The molecule has 0 saturated carbocycles. The summed E-state index contributed by atoms with van der Waals surface area (Å²) in [5.74, 6) is 0.341. The van der Waals surface area contributed by atoms with Gasteiger partial charge in [0.05, 0.1) is 24.1 Å². The average molecular weight is 494 g/mol. The van der Waals surface area contributed by atoms with Crippen molar-refractivity contribution in [3.05, 3.63) is 96.1 Å². The summed E-state index contributed by atoms with van der Waals surface area (Å²) >= 11 is 0. The SMILES string of the molecule is COc1ccc(S(=O)(=O)N[C@@H](C)C(=O)N2CCN(C(c3ccccc3)c3ccccc3)CC2)cc1. The van der Waals surface area contributed by atoms with Crippen LogP contribution in [0, 0.1) is 0 Å². The Morgan fingerprint density at radius 2 is 1.34 bits per heavy atom. The van der Waals surface area contributed by atoms with Gasteiger partial charge in [-0.2, -0.15) is 4.72 Å². The zero-order valence-corrected chi connectivity index (χ0v) is 20.8. The highest BCUT2D eigenvalue weighted by Gasteiger charge is 2.31. The molecule has 4 rings (SSSR count). The lowest BCUT2D eigenvalue weighted by atomic mass is 9.96. The van der Waals surface area contributed by atoms with Crippen LogP contribution in [0.25, 0.3) is 0 Å². The number of benzene rings is 3. The molecule has 1 atom stereocenters. The number of hydrogen-bond acceptors (Lipinski definition) is 5. The molecule has 0 aromatic heterocycles. The van der Waals surface area contributed by atoms with Gasteiger partial charge in [0, 0.05) is 26.2 Å². The second-order valence-corrected chi connectivity index (χ2v) is 10.3. The van der Waals surface area contributed by atoms with Gasteiger partial charge in [-0.25, -0.2) is 8.42 Å². The van der Waals surface area contributed by atoms with E-state index < -0.39 is 16.1 Å². The van der Waals surface area contributed by atoms with Gasteiger partial charge >= 0.3 is 0 Å². The smallest absolute Gasteiger partial charge is 0.241 e. The third kappa shape index (κ3) is 5.90. The summed E-state index contributed by atoms with van der Waals surface area (Å²) in [5.41, 5.74) is 2.41. The highest BCUT2D eigenvalue weighted by Crippen LogP contribution is 2.29. The summed E-state index contributed by atoms with van der Waals surface area (Å²) in [7, 11) is -2.31. The van der Waals surface area contributed by atoms with Crippen molar-refractivity contribution in [1.29, 1.82) is 0 Å². The Labute approximate surface area is 207 Å². The lowest BCUT2D eigenvalue weighted by molar-refractivity contribution is -0.134. The molecule has 1 heterocycles. The lowest BCUT2D eigenvalue weighted by Gasteiger charge is -2.40. The van der Waals surface area contributed by atoms with Crippen molar-refractivity contribution in [1.82, 2.24) is 14.5 Å². The summed E-state index contributed by atoms with van der Waals surface area (Å²) < 4.78 is 33.1. The average Bonchev–Trinajstić information content (AvgIpc) is 2.90. The predicted octanol–water partition coefficient (Wildman–Crippen LogP) is 3.30. The van der Waals surface area contributed by atoms with Crippen LogP contribution >= 0.6 is 0 Å². The van der Waals surface area contributed by atoms with Gasteiger partial charge in [0.25, 0.3) is 0 Å². The van der Waals surface area contributed by atoms with Crippen molar-refractivity contribution in [3.63, 3.8) is 0 Å². The maximum absolute atomic E-state index is 13.1. The normalized spacial score (nSPS) is 15.7. The lowest BCUT2D eigenvalue weighted by Crippen LogP contribution is -2.54. The van der Waals surface area contributed by atoms with Gasteiger partial charge in [-0.1, -0.05) is 60.7 Å². The Kier molecular flexibility index (Phi) is 7.85. The molecule has 1 fully saturated rings. The minimum absolute atomic E-state index is 0.0938. The van der Waals surface area contributed by atoms with Crippen LogP contribution in [0.3, 0.4) is 0 Å². The van der Waals surface area contributed by atoms with Gasteiger partial charge < -0.3 is 9.64 Å². The van der Waals surface area contributed by atoms with Crippen molar-refractivity contribution in [3.8, 4) is 5.75 Å². The molecular weight excluding hydrogens is 462 g/mol. The third-order valence-corrected chi connectivity index (χ3v) is 7.85. The molecule has 1 amide bonds. The number of hydrogen-bond donors (Lipinski definition) is 1. The molecular formula is C27H31N3O4S. The van der Waals surface area contributed by atoms with Crippen LogP contribution in [0.15, 0.2) is 89.8 Å². The minimum Gasteiger partial charge on any atom is -0.497 e. The molecule has 3 aromatic carbocycles. The number of carbonyl (C=O) groups excluding carboxylic acids is 1. The Morgan fingerprint density at radius 3 is 1.83 bits per heavy atom. The van der Waals surface area contributed by atoms with Crippen LogP contribution in [0.5, 0.6) is 5.75 Å². The molecule has 0 radical (unpaired) electrons. The molecule has 0 unspecified atom stereocenters. The molecule has 1 N–H and O–H groups in total. The number of ether oxygens (including phenoxy) is 1. The summed E-state index contributed by atoms with van der Waals surface area (Å²) in [6.07, 6.45) is 0. The van der Waals surface area contributed by atoms with Gasteiger partial charge in [-0.05, 0) is 42.3 Å². The van der Waals surface area contributed by atoms with Gasteiger partial charge in [-0.15, -0.1) is 0 Å². The molecule has 7 nitrogen and oxygen atoms in total. The van der Waals surface area contributed by atoms with Crippen molar-refractivity contribution >= 4 is 15.9 Å². The summed E-state index contributed by atoms with van der Waals surface area (Å²) in [5, 5.41) is 0. The van der Waals surface area contributed by atoms with Gasteiger partial charge in [-0.3, -0.25) is 9.69 Å². The van der Waals surface area contributed by atoms with Gasteiger partial charge in [0.2, 0.25) is 15.9 Å². The fourth-order valence-electron chi connectivity index (χ4n) is 4.47. The highest BCUT2D eigenvalue weighted by atomic mass is 32.2. The van der Waals surface area contributed by atoms with E-state index in [4.69, 9.17) is 4.74 Å². The molecule has 1 saturated heterocycles. The minimum atomic E-state index is -3.83. The maximum Gasteiger partial charge on any atom is 0.241 e. The predicted molar refractivity (Wildman–Crippen MR) is 136 cm³/mol. The van der Waals surface area contributed by atoms with Crippen LogP contribution < -0.4 is 9.46 Å². The maximum atomic E-state index is 13.1. The molecule has 0 spiro atoms. The third-order valence-electron chi connectivity index (χ3n) is 6.29. The number of rotatable bonds is 8. The zero-order valence-electron chi connectivity index (χ0n) is 20.0. The van der Waals surface area contributed by atoms with Crippen molar-refractivity contribution in [2.24, 2.45) is 0 Å². The van der Waals surface area contributed by atoms with Crippen molar-refractivity contribution in [2.75, 3.05) is 33.3 Å². The topological polar surface area (TPSA) is 78.9 Å². The number of carbonyl (C=O) groups is 1. The van der Waals surface area contributed by atoms with E-state index in [1.54, 1.807) is 24.0 Å². The zero-order chi connectivity index (χ0) is 24.8. The van der Waals surface area contributed by atoms with Crippen LogP contribution in [0.1, 0.15) is 24.1 Å².